The number of aromatic nitrogens is 3. The van der Waals surface area contributed by atoms with Crippen LogP contribution in [0.3, 0.4) is 0 Å². The summed E-state index contributed by atoms with van der Waals surface area (Å²) >= 11 is 0. The second-order valence-corrected chi connectivity index (χ2v) is 11.8. The van der Waals surface area contributed by atoms with Gasteiger partial charge in [-0.3, -0.25) is 19.2 Å². The van der Waals surface area contributed by atoms with Crippen molar-refractivity contribution in [3.05, 3.63) is 35.9 Å². The molecule has 0 aliphatic carbocycles. The Kier molecular flexibility index (Phi) is 20.6. The van der Waals surface area contributed by atoms with Gasteiger partial charge >= 0.3 is 18.1 Å². The normalized spacial score (nSPS) is 12.5. The van der Waals surface area contributed by atoms with E-state index in [0.717, 1.165) is 5.56 Å². The lowest BCUT2D eigenvalue weighted by molar-refractivity contribution is -0.192. The summed E-state index contributed by atoms with van der Waals surface area (Å²) in [7, 11) is 0. The van der Waals surface area contributed by atoms with Crippen molar-refractivity contribution in [1.29, 1.82) is 0 Å². The number of nitrogens with zero attached hydrogens (tertiary/aromatic N) is 5. The molecule has 0 radical (unpaired) electrons. The number of benzene rings is 1. The zero-order valence-corrected chi connectivity index (χ0v) is 30.0. The van der Waals surface area contributed by atoms with Gasteiger partial charge in [-0.05, 0) is 37.9 Å². The number of anilines is 3. The first-order valence-corrected chi connectivity index (χ1v) is 17.5. The van der Waals surface area contributed by atoms with Crippen LogP contribution >= 0.6 is 0 Å². The van der Waals surface area contributed by atoms with Crippen molar-refractivity contribution in [3.8, 4) is 0 Å². The summed E-state index contributed by atoms with van der Waals surface area (Å²) in [4.78, 5) is 75.3. The minimum Gasteiger partial charge on any atom is -0.475 e. The number of carbonyl (C=O) groups is 5. The van der Waals surface area contributed by atoms with Gasteiger partial charge in [-0.25, -0.2) is 4.79 Å². The summed E-state index contributed by atoms with van der Waals surface area (Å²) < 4.78 is 37.0. The number of alkyl halides is 3. The molecule has 21 heteroatoms. The van der Waals surface area contributed by atoms with E-state index in [9.17, 15) is 32.3 Å². The number of carboxylic acids is 1. The molecule has 0 atom stereocenters. The molecule has 1 aromatic heterocycles. The number of carbonyl (C=O) groups excluding carboxylic acids is 4. The number of esters is 1. The van der Waals surface area contributed by atoms with Crippen LogP contribution in [0.1, 0.15) is 50.5 Å². The molecule has 300 valence electrons. The smallest absolute Gasteiger partial charge is 0.475 e. The lowest BCUT2D eigenvalue weighted by Crippen LogP contribution is -2.49. The molecule has 1 fully saturated rings. The topological polar surface area (TPSA) is 260 Å². The minimum absolute atomic E-state index is 0.0182. The molecule has 9 N–H and O–H groups in total. The monoisotopic (exact) mass is 769 g/mol. The fourth-order valence-corrected chi connectivity index (χ4v) is 4.58. The van der Waals surface area contributed by atoms with Crippen molar-refractivity contribution in [2.75, 3.05) is 81.0 Å². The predicted octanol–water partition coefficient (Wildman–Crippen LogP) is 0.601. The third-order valence-electron chi connectivity index (χ3n) is 7.47. The lowest BCUT2D eigenvalue weighted by atomic mass is 10.2. The first-order valence-electron chi connectivity index (χ1n) is 17.5. The van der Waals surface area contributed by atoms with Gasteiger partial charge in [-0.2, -0.15) is 28.1 Å². The van der Waals surface area contributed by atoms with Crippen LogP contribution in [-0.4, -0.2) is 126 Å². The number of hydrogen-bond donors (Lipinski definition) is 7. The number of carboxylic acid groups (broad SMARTS) is 1. The molecule has 3 amide bonds. The Labute approximate surface area is 311 Å². The molecule has 1 aliphatic heterocycles. The van der Waals surface area contributed by atoms with Gasteiger partial charge in [0, 0.05) is 78.0 Å². The Morgan fingerprint density at radius 3 is 1.74 bits per heavy atom. The standard InChI is InChI=1S/C31H49N11O5.C2HF3O2/c32-13-5-15-34-25(43)11-17-36-29-38-30(37-18-12-26(44)35-16-6-14-33)40-31(39-29)42-21-19-41(20-22-42)27(45)9-4-10-28(46)47-23-24-7-2-1-3-8-24;3-2(4,5)1(6)7/h1-3,7-8H,4-6,9-23,32-33H2,(H,34,43)(H,35,44)(H2,36,37,38,39,40);(H,6,7). The summed E-state index contributed by atoms with van der Waals surface area (Å²) in [6, 6.07) is 9.46. The van der Waals surface area contributed by atoms with Crippen LogP contribution in [0.5, 0.6) is 0 Å². The number of aliphatic carboxylic acids is 1. The number of hydrogen-bond acceptors (Lipinski definition) is 14. The van der Waals surface area contributed by atoms with Crippen LogP contribution in [0.15, 0.2) is 30.3 Å². The molecule has 0 unspecified atom stereocenters. The highest BCUT2D eigenvalue weighted by Gasteiger charge is 2.38. The Morgan fingerprint density at radius 2 is 1.26 bits per heavy atom. The number of halogens is 3. The fourth-order valence-electron chi connectivity index (χ4n) is 4.58. The molecule has 18 nitrogen and oxygen atoms in total. The van der Waals surface area contributed by atoms with E-state index in [1.54, 1.807) is 4.90 Å². The number of piperazine rings is 1. The van der Waals surface area contributed by atoms with E-state index in [1.165, 1.54) is 0 Å². The van der Waals surface area contributed by atoms with Crippen molar-refractivity contribution >= 4 is 47.5 Å². The Hall–Kier alpha value is -5.31. The molecular formula is C33H50F3N11O7. The first kappa shape index (κ1) is 44.8. The van der Waals surface area contributed by atoms with E-state index in [0.29, 0.717) is 90.7 Å². The molecular weight excluding hydrogens is 719 g/mol. The van der Waals surface area contributed by atoms with Crippen LogP contribution in [0.4, 0.5) is 31.0 Å². The van der Waals surface area contributed by atoms with E-state index < -0.39 is 12.1 Å². The summed E-state index contributed by atoms with van der Waals surface area (Å²) in [6.45, 7) is 4.84. The third-order valence-corrected chi connectivity index (χ3v) is 7.47. The number of amides is 3. The number of nitrogens with one attached hydrogen (secondary N) is 4. The number of rotatable bonds is 21. The molecule has 3 rings (SSSR count). The molecule has 0 spiro atoms. The highest BCUT2D eigenvalue weighted by Crippen LogP contribution is 2.17. The maximum Gasteiger partial charge on any atom is 0.490 e. The molecule has 1 aliphatic rings. The molecule has 1 aromatic carbocycles. The maximum atomic E-state index is 12.8. The quantitative estimate of drug-likeness (QED) is 0.0678. The van der Waals surface area contributed by atoms with Gasteiger partial charge in [0.2, 0.25) is 35.6 Å². The molecule has 0 saturated carbocycles. The van der Waals surface area contributed by atoms with Crippen molar-refractivity contribution in [2.24, 2.45) is 11.5 Å². The number of nitrogens with two attached hydrogens (primary N) is 2. The van der Waals surface area contributed by atoms with E-state index in [2.05, 4.69) is 36.2 Å². The van der Waals surface area contributed by atoms with Gasteiger partial charge in [0.05, 0.1) is 0 Å². The van der Waals surface area contributed by atoms with Gasteiger partial charge in [0.1, 0.15) is 6.61 Å². The Bertz CT molecular complexity index is 1420. The summed E-state index contributed by atoms with van der Waals surface area (Å²) in [5.41, 5.74) is 11.9. The van der Waals surface area contributed by atoms with Crippen LogP contribution in [0.2, 0.25) is 0 Å². The summed E-state index contributed by atoms with van der Waals surface area (Å²) in [5.74, 6) is -2.32. The highest BCUT2D eigenvalue weighted by atomic mass is 19.4. The second kappa shape index (κ2) is 24.8. The van der Waals surface area contributed by atoms with E-state index in [1.807, 2.05) is 35.2 Å². The van der Waals surface area contributed by atoms with E-state index in [4.69, 9.17) is 26.1 Å². The van der Waals surface area contributed by atoms with Crippen molar-refractivity contribution in [1.82, 2.24) is 30.5 Å². The fraction of sp³-hybridized carbons (Fsp3) is 0.576. The van der Waals surface area contributed by atoms with Crippen LogP contribution in [0, 0.1) is 0 Å². The van der Waals surface area contributed by atoms with Crippen molar-refractivity contribution in [2.45, 2.75) is 57.7 Å². The molecule has 1 saturated heterocycles. The van der Waals surface area contributed by atoms with E-state index in [-0.39, 0.29) is 67.9 Å². The van der Waals surface area contributed by atoms with Gasteiger partial charge < -0.3 is 52.4 Å². The zero-order valence-electron chi connectivity index (χ0n) is 30.0. The molecule has 2 heterocycles. The van der Waals surface area contributed by atoms with Gasteiger partial charge in [-0.15, -0.1) is 0 Å². The lowest BCUT2D eigenvalue weighted by Gasteiger charge is -2.35. The summed E-state index contributed by atoms with van der Waals surface area (Å²) in [5, 5.41) is 18.9. The maximum absolute atomic E-state index is 12.8. The van der Waals surface area contributed by atoms with Gasteiger partial charge in [0.15, 0.2) is 0 Å². The SMILES string of the molecule is NCCCNC(=O)CCNc1nc(NCCC(=O)NCCCN)nc(N2CCN(C(=O)CCCC(=O)OCc3ccccc3)CC2)n1.O=C(O)C(F)(F)F. The number of ether oxygens (including phenoxy) is 1. The molecule has 0 bridgehead atoms. The van der Waals surface area contributed by atoms with Crippen LogP contribution in [-0.2, 0) is 35.3 Å². The third kappa shape index (κ3) is 19.0. The van der Waals surface area contributed by atoms with E-state index >= 15 is 0 Å². The zero-order chi connectivity index (χ0) is 39.8. The Balaban J connectivity index is 0.00000131. The summed E-state index contributed by atoms with van der Waals surface area (Å²) in [6.07, 6.45) is -2.36. The minimum atomic E-state index is -5.08. The van der Waals surface area contributed by atoms with Crippen LogP contribution in [0.25, 0.3) is 0 Å². The average molecular weight is 770 g/mol. The van der Waals surface area contributed by atoms with Gasteiger partial charge in [0.25, 0.3) is 0 Å². The molecule has 54 heavy (non-hydrogen) atoms. The predicted molar refractivity (Wildman–Crippen MR) is 192 cm³/mol. The molecule has 2 aromatic rings. The van der Waals surface area contributed by atoms with Gasteiger partial charge in [-0.1, -0.05) is 30.3 Å². The average Bonchev–Trinajstić information content (AvgIpc) is 3.14. The Morgan fingerprint density at radius 1 is 0.741 bits per heavy atom. The first-order chi connectivity index (χ1) is 25.8. The van der Waals surface area contributed by atoms with Crippen LogP contribution < -0.4 is 37.6 Å². The second-order valence-electron chi connectivity index (χ2n) is 11.8. The van der Waals surface area contributed by atoms with Crippen molar-refractivity contribution < 1.29 is 47.0 Å². The highest BCUT2D eigenvalue weighted by molar-refractivity contribution is 5.78. The van der Waals surface area contributed by atoms with Crippen molar-refractivity contribution in [3.63, 3.8) is 0 Å². The largest absolute Gasteiger partial charge is 0.490 e.